The number of aromatic amines is 1. The minimum atomic E-state index is -5.37. The van der Waals surface area contributed by atoms with Crippen molar-refractivity contribution in [1.82, 2.24) is 39.0 Å². The highest BCUT2D eigenvalue weighted by Gasteiger charge is 2.38. The first kappa shape index (κ1) is 33.4. The van der Waals surface area contributed by atoms with Crippen molar-refractivity contribution in [2.24, 2.45) is 0 Å². The van der Waals surface area contributed by atoms with Gasteiger partial charge in [-0.15, -0.1) is 0 Å². The van der Waals surface area contributed by atoms with Crippen molar-refractivity contribution >= 4 is 49.9 Å². The molecule has 0 saturated carbocycles. The number of hydrogen-bond acceptors (Lipinski definition) is 17. The maximum absolute atomic E-state index is 14.8. The molecule has 0 spiro atoms. The molecule has 0 bridgehead atoms. The molecule has 4 aromatic heterocycles. The molecule has 25 heteroatoms. The summed E-state index contributed by atoms with van der Waals surface area (Å²) in [6, 6.07) is 0. The van der Waals surface area contributed by atoms with E-state index in [0.717, 1.165) is 42.0 Å². The number of ether oxygens (including phenoxy) is 3. The van der Waals surface area contributed by atoms with Crippen LogP contribution in [0.25, 0.3) is 22.3 Å². The minimum absolute atomic E-state index is 0.00160. The fraction of sp³-hybridized carbons (Fsp3) is 0.474. The van der Waals surface area contributed by atoms with Crippen molar-refractivity contribution in [3.05, 3.63) is 29.3 Å². The van der Waals surface area contributed by atoms with Gasteiger partial charge in [0.1, 0.15) is 30.5 Å². The van der Waals surface area contributed by atoms with Gasteiger partial charge in [-0.1, -0.05) is 0 Å². The van der Waals surface area contributed by atoms with Gasteiger partial charge in [-0.2, -0.15) is 4.98 Å². The number of anilines is 2. The number of alkyl halides is 1. The number of hydrogen-bond donors (Lipinski definition) is 7. The van der Waals surface area contributed by atoms with Crippen molar-refractivity contribution in [2.75, 3.05) is 17.8 Å². The molecule has 4 heterocycles. The average Bonchev–Trinajstić information content (AvgIpc) is 3.53. The molecule has 0 amide bonds. The third kappa shape index (κ3) is 7.78. The number of nitrogen functional groups attached to an aromatic ring is 2. The Morgan fingerprint density at radius 2 is 1.70 bits per heavy atom. The first-order valence-corrected chi connectivity index (χ1v) is 15.2. The summed E-state index contributed by atoms with van der Waals surface area (Å²) in [5.41, 5.74) is 10.2. The molecule has 44 heavy (non-hydrogen) atoms. The second-order valence-corrected chi connectivity index (χ2v) is 11.2. The Balaban J connectivity index is 1.60. The third-order valence-electron chi connectivity index (χ3n) is 5.55. The number of aromatic nitrogens is 8. The standard InChI is InChI=1S/C19H27FN10O12P2/c1-7(20)15(29-4-25-9-11(21)23-3-24-12(9)29)40-19(38-6-43(34)35)42-44(36,37)41-8(2)16(39-18(32)33)30-5-26-10-13(30)27-17(22)28-14(10)31/h3-5,7-8,15-16,18-19,32-33,43H,6H2,1-2H3,(H,34,35)(H,36,37)(H2,21,23,24)(H3,22,27,28,31)/t7?,8?,15-,16-,19?/m1/s1. The molecular weight excluding hydrogens is 641 g/mol. The van der Waals surface area contributed by atoms with Gasteiger partial charge in [0, 0.05) is 0 Å². The number of nitrogens with zero attached hydrogens (tertiary/aromatic N) is 7. The van der Waals surface area contributed by atoms with E-state index >= 15 is 0 Å². The lowest BCUT2D eigenvalue weighted by atomic mass is 10.3. The zero-order valence-corrected chi connectivity index (χ0v) is 24.5. The Morgan fingerprint density at radius 3 is 2.34 bits per heavy atom. The van der Waals surface area contributed by atoms with Gasteiger partial charge < -0.3 is 45.7 Å². The molecule has 0 fully saturated rings. The molecule has 0 aliphatic heterocycles. The van der Waals surface area contributed by atoms with E-state index in [4.69, 9.17) is 34.7 Å². The molecular formula is C19H27FN10O12P2. The second kappa shape index (κ2) is 13.7. The zero-order chi connectivity index (χ0) is 32.3. The number of halogens is 1. The molecule has 0 aliphatic carbocycles. The molecule has 9 N–H and O–H groups in total. The average molecular weight is 668 g/mol. The quantitative estimate of drug-likeness (QED) is 0.0591. The molecule has 5 unspecified atom stereocenters. The highest BCUT2D eigenvalue weighted by molar-refractivity contribution is 7.47. The third-order valence-corrected chi connectivity index (χ3v) is 7.00. The number of phosphoric acid groups is 1. The summed E-state index contributed by atoms with van der Waals surface area (Å²) in [6.45, 7) is -2.62. The summed E-state index contributed by atoms with van der Waals surface area (Å²) in [5.74, 6) is -0.379. The molecule has 7 atom stereocenters. The second-order valence-electron chi connectivity index (χ2n) is 8.79. The van der Waals surface area contributed by atoms with Crippen LogP contribution >= 0.6 is 15.9 Å². The number of phosphoric ester groups is 1. The predicted octanol–water partition coefficient (Wildman–Crippen LogP) is -0.973. The maximum Gasteiger partial charge on any atom is 0.476 e. The van der Waals surface area contributed by atoms with E-state index in [1.807, 2.05) is 0 Å². The zero-order valence-electron chi connectivity index (χ0n) is 22.6. The summed E-state index contributed by atoms with van der Waals surface area (Å²) < 4.78 is 66.6. The van der Waals surface area contributed by atoms with E-state index in [-0.39, 0.29) is 34.1 Å². The van der Waals surface area contributed by atoms with Crippen LogP contribution in [0.5, 0.6) is 0 Å². The van der Waals surface area contributed by atoms with Crippen LogP contribution < -0.4 is 17.0 Å². The molecule has 4 aromatic rings. The normalized spacial score (nSPS) is 17.8. The van der Waals surface area contributed by atoms with E-state index in [2.05, 4.69) is 29.9 Å². The number of nitrogens with two attached hydrogens (primary N) is 2. The van der Waals surface area contributed by atoms with E-state index in [1.54, 1.807) is 0 Å². The van der Waals surface area contributed by atoms with Crippen LogP contribution in [-0.2, 0) is 32.4 Å². The van der Waals surface area contributed by atoms with E-state index < -0.39 is 65.4 Å². The molecule has 0 aromatic carbocycles. The van der Waals surface area contributed by atoms with Gasteiger partial charge >= 0.3 is 7.82 Å². The smallest absolute Gasteiger partial charge is 0.382 e. The van der Waals surface area contributed by atoms with Crippen LogP contribution in [0.2, 0.25) is 0 Å². The van der Waals surface area contributed by atoms with Crippen LogP contribution in [0.4, 0.5) is 16.2 Å². The number of rotatable bonds is 15. The van der Waals surface area contributed by atoms with Crippen LogP contribution in [0.1, 0.15) is 26.3 Å². The Bertz CT molecular complexity index is 1730. The van der Waals surface area contributed by atoms with Crippen LogP contribution in [-0.4, -0.2) is 90.6 Å². The fourth-order valence-corrected chi connectivity index (χ4v) is 5.03. The Kier molecular flexibility index (Phi) is 10.4. The van der Waals surface area contributed by atoms with Gasteiger partial charge in [0.15, 0.2) is 35.1 Å². The number of imidazole rings is 2. The first-order valence-electron chi connectivity index (χ1n) is 12.2. The van der Waals surface area contributed by atoms with Crippen molar-refractivity contribution in [3.8, 4) is 0 Å². The largest absolute Gasteiger partial charge is 0.476 e. The molecule has 242 valence electrons. The lowest BCUT2D eigenvalue weighted by molar-refractivity contribution is -0.295. The SMILES string of the molecule is CC(F)[C@@H](OC(OC[PH](=O)O)OP(=O)(O)OC(C)[C@@H](OC(O)O)n1cnc2c(=O)[nH]c(N)nc21)n1cnc2c(N)ncnc21. The number of aliphatic hydroxyl groups excluding tert-OH is 1. The van der Waals surface area contributed by atoms with Crippen molar-refractivity contribution in [2.45, 2.75) is 51.5 Å². The summed E-state index contributed by atoms with van der Waals surface area (Å²) in [4.78, 5) is 53.7. The van der Waals surface area contributed by atoms with Crippen LogP contribution in [0, 0.1) is 0 Å². The van der Waals surface area contributed by atoms with Crippen LogP contribution in [0.3, 0.4) is 0 Å². The highest BCUT2D eigenvalue weighted by atomic mass is 31.2. The monoisotopic (exact) mass is 668 g/mol. The molecule has 4 rings (SSSR count). The van der Waals surface area contributed by atoms with Gasteiger partial charge in [-0.05, 0) is 13.8 Å². The van der Waals surface area contributed by atoms with Crippen molar-refractivity contribution in [1.29, 1.82) is 0 Å². The minimum Gasteiger partial charge on any atom is -0.382 e. The van der Waals surface area contributed by atoms with Crippen molar-refractivity contribution in [3.63, 3.8) is 0 Å². The summed E-state index contributed by atoms with van der Waals surface area (Å²) in [6.07, 6.45) is -4.79. The topological polar surface area (TPSA) is 320 Å². The molecule has 22 nitrogen and oxygen atoms in total. The molecule has 0 saturated heterocycles. The highest BCUT2D eigenvalue weighted by Crippen LogP contribution is 2.48. The number of aliphatic hydroxyl groups is 2. The van der Waals surface area contributed by atoms with Gasteiger partial charge in [-0.25, -0.2) is 33.4 Å². The van der Waals surface area contributed by atoms with E-state index in [0.29, 0.717) is 0 Å². The Labute approximate surface area is 244 Å². The Hall–Kier alpha value is -3.47. The summed E-state index contributed by atoms with van der Waals surface area (Å²) in [7, 11) is -8.73. The number of fused-ring (bicyclic) bond motifs is 2. The van der Waals surface area contributed by atoms with E-state index in [1.165, 1.54) is 0 Å². The van der Waals surface area contributed by atoms with Crippen molar-refractivity contribution < 1.29 is 56.8 Å². The first-order chi connectivity index (χ1) is 20.7. The number of nitrogens with one attached hydrogen (secondary N) is 1. The fourth-order valence-electron chi connectivity index (χ4n) is 3.85. The van der Waals surface area contributed by atoms with Gasteiger partial charge in [0.25, 0.3) is 18.5 Å². The van der Waals surface area contributed by atoms with Gasteiger partial charge in [-0.3, -0.25) is 28.0 Å². The molecule has 0 aliphatic rings. The Morgan fingerprint density at radius 1 is 1.05 bits per heavy atom. The summed E-state index contributed by atoms with van der Waals surface area (Å²) in [5, 5.41) is 18.9. The van der Waals surface area contributed by atoms with Crippen LogP contribution in [0.15, 0.2) is 23.8 Å². The lowest BCUT2D eigenvalue weighted by Crippen LogP contribution is -2.32. The predicted molar refractivity (Wildman–Crippen MR) is 144 cm³/mol. The maximum atomic E-state index is 14.8. The van der Waals surface area contributed by atoms with E-state index in [9.17, 15) is 38.3 Å². The number of H-pyrrole nitrogens is 1. The van der Waals surface area contributed by atoms with Gasteiger partial charge in [0.05, 0.1) is 12.7 Å². The van der Waals surface area contributed by atoms with Gasteiger partial charge in [0.2, 0.25) is 14.0 Å². The molecule has 0 radical (unpaired) electrons. The summed E-state index contributed by atoms with van der Waals surface area (Å²) >= 11 is 0. The lowest BCUT2D eigenvalue weighted by Gasteiger charge is -2.30.